The van der Waals surface area contributed by atoms with Crippen LogP contribution >= 0.6 is 15.9 Å². The van der Waals surface area contributed by atoms with Gasteiger partial charge in [0.25, 0.3) is 0 Å². The Labute approximate surface area is 105 Å². The first-order chi connectivity index (χ1) is 7.34. The van der Waals surface area contributed by atoms with Crippen molar-refractivity contribution in [3.63, 3.8) is 0 Å². The summed E-state index contributed by atoms with van der Waals surface area (Å²) >= 11 is 3.39. The van der Waals surface area contributed by atoms with E-state index in [0.29, 0.717) is 12.5 Å². The molecule has 1 rings (SSSR count). The van der Waals surface area contributed by atoms with E-state index in [4.69, 9.17) is 5.73 Å². The number of benzene rings is 1. The Hall–Kier alpha value is -0.410. The van der Waals surface area contributed by atoms with Gasteiger partial charge in [0.2, 0.25) is 0 Å². The Morgan fingerprint density at radius 3 is 2.44 bits per heavy atom. The summed E-state index contributed by atoms with van der Waals surface area (Å²) in [5.74, 6) is 0.185. The number of halogens is 2. The zero-order valence-corrected chi connectivity index (χ0v) is 11.6. The highest BCUT2D eigenvalue weighted by molar-refractivity contribution is 9.10. The van der Waals surface area contributed by atoms with Gasteiger partial charge in [0, 0.05) is 4.47 Å². The largest absolute Gasteiger partial charge is 0.330 e. The van der Waals surface area contributed by atoms with Crippen LogP contribution in [-0.2, 0) is 6.42 Å². The lowest BCUT2D eigenvalue weighted by molar-refractivity contribution is 0.245. The van der Waals surface area contributed by atoms with Gasteiger partial charge in [0.1, 0.15) is 5.82 Å². The van der Waals surface area contributed by atoms with Crippen molar-refractivity contribution in [1.29, 1.82) is 0 Å². The molecule has 1 atom stereocenters. The van der Waals surface area contributed by atoms with E-state index in [1.165, 1.54) is 12.1 Å². The summed E-state index contributed by atoms with van der Waals surface area (Å²) in [7, 11) is 0. The van der Waals surface area contributed by atoms with Crippen molar-refractivity contribution >= 4 is 15.9 Å². The molecule has 2 N–H and O–H groups in total. The molecule has 1 unspecified atom stereocenters. The maximum atomic E-state index is 12.9. The van der Waals surface area contributed by atoms with Crippen molar-refractivity contribution in [3.05, 3.63) is 34.1 Å². The van der Waals surface area contributed by atoms with Gasteiger partial charge in [-0.05, 0) is 42.0 Å². The minimum absolute atomic E-state index is 0.169. The molecule has 0 saturated heterocycles. The Balaban J connectivity index is 2.86. The molecule has 0 heterocycles. The summed E-state index contributed by atoms with van der Waals surface area (Å²) in [5, 5.41) is 0. The monoisotopic (exact) mass is 287 g/mol. The van der Waals surface area contributed by atoms with Crippen LogP contribution < -0.4 is 5.73 Å². The quantitative estimate of drug-likeness (QED) is 0.900. The minimum atomic E-state index is -0.212. The van der Waals surface area contributed by atoms with Gasteiger partial charge in [-0.25, -0.2) is 4.39 Å². The Morgan fingerprint density at radius 2 is 2.00 bits per heavy atom. The predicted molar refractivity (Wildman–Crippen MR) is 69.8 cm³/mol. The van der Waals surface area contributed by atoms with E-state index in [1.807, 2.05) is 6.07 Å². The second-order valence-electron chi connectivity index (χ2n) is 5.24. The summed E-state index contributed by atoms with van der Waals surface area (Å²) in [5.41, 5.74) is 7.08. The smallest absolute Gasteiger partial charge is 0.124 e. The highest BCUT2D eigenvalue weighted by atomic mass is 79.9. The van der Waals surface area contributed by atoms with Crippen LogP contribution in [0.1, 0.15) is 26.3 Å². The first-order valence-electron chi connectivity index (χ1n) is 5.48. The normalized spacial score (nSPS) is 13.9. The predicted octanol–water partition coefficient (Wildman–Crippen LogP) is 3.75. The molecule has 0 amide bonds. The van der Waals surface area contributed by atoms with Crippen LogP contribution in [0.2, 0.25) is 0 Å². The Bertz CT molecular complexity index is 357. The molecule has 0 radical (unpaired) electrons. The van der Waals surface area contributed by atoms with E-state index < -0.39 is 0 Å². The molecule has 0 spiro atoms. The van der Waals surface area contributed by atoms with Gasteiger partial charge in [-0.2, -0.15) is 0 Å². The number of hydrogen-bond donors (Lipinski definition) is 1. The summed E-state index contributed by atoms with van der Waals surface area (Å²) in [4.78, 5) is 0. The Morgan fingerprint density at radius 1 is 1.38 bits per heavy atom. The van der Waals surface area contributed by atoms with Crippen molar-refractivity contribution in [2.75, 3.05) is 6.54 Å². The molecule has 1 aromatic carbocycles. The van der Waals surface area contributed by atoms with E-state index in [0.717, 1.165) is 16.5 Å². The highest BCUT2D eigenvalue weighted by Gasteiger charge is 2.24. The van der Waals surface area contributed by atoms with Crippen molar-refractivity contribution in [2.45, 2.75) is 27.2 Å². The molecule has 0 aromatic heterocycles. The van der Waals surface area contributed by atoms with Crippen molar-refractivity contribution < 1.29 is 4.39 Å². The molecule has 1 aromatic rings. The van der Waals surface area contributed by atoms with Crippen molar-refractivity contribution in [2.24, 2.45) is 17.1 Å². The zero-order valence-electron chi connectivity index (χ0n) is 10.1. The lowest BCUT2D eigenvalue weighted by atomic mass is 9.77. The third-order valence-electron chi connectivity index (χ3n) is 2.99. The van der Waals surface area contributed by atoms with Crippen LogP contribution in [-0.4, -0.2) is 6.54 Å². The second-order valence-corrected chi connectivity index (χ2v) is 6.09. The van der Waals surface area contributed by atoms with Gasteiger partial charge in [0.05, 0.1) is 0 Å². The summed E-state index contributed by atoms with van der Waals surface area (Å²) in [6.45, 7) is 7.19. The van der Waals surface area contributed by atoms with Crippen LogP contribution in [0.4, 0.5) is 4.39 Å². The van der Waals surface area contributed by atoms with Crippen LogP contribution in [0.3, 0.4) is 0 Å². The topological polar surface area (TPSA) is 26.0 Å². The maximum Gasteiger partial charge on any atom is 0.124 e. The molecule has 0 aliphatic carbocycles. The van der Waals surface area contributed by atoms with Crippen LogP contribution in [0.15, 0.2) is 22.7 Å². The first kappa shape index (κ1) is 13.7. The average molecular weight is 288 g/mol. The van der Waals surface area contributed by atoms with Gasteiger partial charge in [-0.15, -0.1) is 0 Å². The fraction of sp³-hybridized carbons (Fsp3) is 0.538. The molecule has 0 aliphatic heterocycles. The summed E-state index contributed by atoms with van der Waals surface area (Å²) < 4.78 is 13.8. The van der Waals surface area contributed by atoms with Gasteiger partial charge in [-0.3, -0.25) is 0 Å². The molecule has 3 heteroatoms. The lowest BCUT2D eigenvalue weighted by Crippen LogP contribution is -2.30. The molecular formula is C13H19BrFN. The van der Waals surface area contributed by atoms with E-state index in [1.54, 1.807) is 0 Å². The van der Waals surface area contributed by atoms with Crippen molar-refractivity contribution in [1.82, 2.24) is 0 Å². The maximum absolute atomic E-state index is 12.9. The number of hydrogen-bond acceptors (Lipinski definition) is 1. The number of nitrogens with two attached hydrogens (primary N) is 1. The molecule has 16 heavy (non-hydrogen) atoms. The summed E-state index contributed by atoms with van der Waals surface area (Å²) in [6, 6.07) is 4.83. The molecule has 0 bridgehead atoms. The van der Waals surface area contributed by atoms with Crippen LogP contribution in [0, 0.1) is 17.2 Å². The van der Waals surface area contributed by atoms with Gasteiger partial charge >= 0.3 is 0 Å². The molecule has 0 saturated carbocycles. The number of rotatable bonds is 3. The first-order valence-corrected chi connectivity index (χ1v) is 6.28. The van der Waals surface area contributed by atoms with E-state index in [2.05, 4.69) is 36.7 Å². The van der Waals surface area contributed by atoms with Gasteiger partial charge in [-0.1, -0.05) is 42.8 Å². The Kier molecular flexibility index (Phi) is 4.51. The standard InChI is InChI=1S/C13H19BrFN/c1-13(2,3)10(8-16)6-9-4-5-11(15)7-12(9)14/h4-5,7,10H,6,8,16H2,1-3H3. The highest BCUT2D eigenvalue weighted by Crippen LogP contribution is 2.30. The third-order valence-corrected chi connectivity index (χ3v) is 3.73. The van der Waals surface area contributed by atoms with E-state index in [9.17, 15) is 4.39 Å². The van der Waals surface area contributed by atoms with Gasteiger partial charge < -0.3 is 5.73 Å². The van der Waals surface area contributed by atoms with Crippen LogP contribution in [0.25, 0.3) is 0 Å². The molecule has 90 valence electrons. The zero-order chi connectivity index (χ0) is 12.3. The van der Waals surface area contributed by atoms with Gasteiger partial charge in [0.15, 0.2) is 0 Å². The fourth-order valence-corrected chi connectivity index (χ4v) is 2.21. The lowest BCUT2D eigenvalue weighted by Gasteiger charge is -2.30. The fourth-order valence-electron chi connectivity index (χ4n) is 1.70. The molecule has 0 aliphatic rings. The van der Waals surface area contributed by atoms with E-state index >= 15 is 0 Å². The van der Waals surface area contributed by atoms with E-state index in [-0.39, 0.29) is 11.2 Å². The third kappa shape index (κ3) is 3.56. The molecule has 1 nitrogen and oxygen atoms in total. The molecular weight excluding hydrogens is 269 g/mol. The average Bonchev–Trinajstić information content (AvgIpc) is 2.14. The SMILES string of the molecule is CC(C)(C)C(CN)Cc1ccc(F)cc1Br. The summed E-state index contributed by atoms with van der Waals surface area (Å²) in [6.07, 6.45) is 0.876. The van der Waals surface area contributed by atoms with Crippen LogP contribution in [0.5, 0.6) is 0 Å². The minimum Gasteiger partial charge on any atom is -0.330 e. The van der Waals surface area contributed by atoms with Crippen molar-refractivity contribution in [3.8, 4) is 0 Å². The molecule has 0 fully saturated rings. The second kappa shape index (κ2) is 5.28.